The third-order valence-electron chi connectivity index (χ3n) is 8.67. The summed E-state index contributed by atoms with van der Waals surface area (Å²) in [7, 11) is 1.59. The standard InChI is InChI=1S/C23H42F2N2.C2H6/c1-4-18(2)20-7-5-19(6-8-20)17-27-15-13-23(14-16-27)11-9-21(10-12-23)26(3)22(24)25;1-2/h18-22H,4-17H2,1-3H3;1-2H3. The van der Waals surface area contributed by atoms with Gasteiger partial charge in [0.2, 0.25) is 0 Å². The van der Waals surface area contributed by atoms with Crippen LogP contribution in [0.5, 0.6) is 0 Å². The van der Waals surface area contributed by atoms with Gasteiger partial charge in [-0.1, -0.05) is 34.1 Å². The summed E-state index contributed by atoms with van der Waals surface area (Å²) in [6.45, 7) is 10.2. The van der Waals surface area contributed by atoms with Crippen LogP contribution in [0.2, 0.25) is 0 Å². The Balaban J connectivity index is 0.00000145. The third-order valence-corrected chi connectivity index (χ3v) is 8.67. The van der Waals surface area contributed by atoms with E-state index in [-0.39, 0.29) is 6.04 Å². The van der Waals surface area contributed by atoms with E-state index >= 15 is 0 Å². The van der Waals surface area contributed by atoms with Crippen molar-refractivity contribution in [1.29, 1.82) is 0 Å². The van der Waals surface area contributed by atoms with Crippen LogP contribution in [-0.4, -0.2) is 49.1 Å². The van der Waals surface area contributed by atoms with Gasteiger partial charge >= 0.3 is 0 Å². The van der Waals surface area contributed by atoms with Gasteiger partial charge in [-0.2, -0.15) is 8.78 Å². The first-order valence-electron chi connectivity index (χ1n) is 12.6. The normalized spacial score (nSPS) is 29.7. The highest BCUT2D eigenvalue weighted by atomic mass is 19.3. The SMILES string of the molecule is CC.CCC(C)C1CCC(CN2CCC3(CCC(N(C)C(F)F)CC3)CC2)CC1. The van der Waals surface area contributed by atoms with Crippen molar-refractivity contribution in [2.75, 3.05) is 26.7 Å². The molecule has 2 aliphatic carbocycles. The van der Waals surface area contributed by atoms with Crippen molar-refractivity contribution >= 4 is 0 Å². The first-order valence-corrected chi connectivity index (χ1v) is 12.6. The molecule has 3 rings (SSSR count). The smallest absolute Gasteiger partial charge is 0.294 e. The van der Waals surface area contributed by atoms with E-state index in [1.165, 1.54) is 69.5 Å². The van der Waals surface area contributed by atoms with Crippen LogP contribution < -0.4 is 0 Å². The van der Waals surface area contributed by atoms with Gasteiger partial charge in [-0.3, -0.25) is 0 Å². The number of piperidine rings is 1. The lowest BCUT2D eigenvalue weighted by atomic mass is 9.66. The molecule has 0 aromatic carbocycles. The number of rotatable bonds is 6. The minimum Gasteiger partial charge on any atom is -0.303 e. The van der Waals surface area contributed by atoms with Gasteiger partial charge in [0.1, 0.15) is 0 Å². The second-order valence-corrected chi connectivity index (χ2v) is 10.1. The molecule has 0 bridgehead atoms. The van der Waals surface area contributed by atoms with Crippen molar-refractivity contribution < 1.29 is 8.78 Å². The van der Waals surface area contributed by atoms with E-state index in [1.807, 2.05) is 13.8 Å². The van der Waals surface area contributed by atoms with Gasteiger partial charge in [0.05, 0.1) is 0 Å². The number of likely N-dealkylation sites (tertiary alicyclic amines) is 1. The lowest BCUT2D eigenvalue weighted by Crippen LogP contribution is -2.47. The molecule has 0 aromatic heterocycles. The monoisotopic (exact) mass is 414 g/mol. The molecule has 0 amide bonds. The van der Waals surface area contributed by atoms with Crippen molar-refractivity contribution in [3.05, 3.63) is 0 Å². The Kier molecular flexibility index (Phi) is 10.3. The maximum Gasteiger partial charge on any atom is 0.294 e. The van der Waals surface area contributed by atoms with E-state index in [1.54, 1.807) is 7.05 Å². The molecule has 2 saturated carbocycles. The maximum atomic E-state index is 12.9. The van der Waals surface area contributed by atoms with Gasteiger partial charge in [-0.15, -0.1) is 0 Å². The molecule has 1 saturated heterocycles. The summed E-state index contributed by atoms with van der Waals surface area (Å²) in [4.78, 5) is 4.01. The number of halogens is 2. The summed E-state index contributed by atoms with van der Waals surface area (Å²) in [5.41, 5.74) is 0.462. The molecule has 0 N–H and O–H groups in total. The Bertz CT molecular complexity index is 430. The zero-order valence-corrected chi connectivity index (χ0v) is 19.9. The lowest BCUT2D eigenvalue weighted by Gasteiger charge is -2.48. The summed E-state index contributed by atoms with van der Waals surface area (Å²) in [5.74, 6) is 2.78. The fraction of sp³-hybridized carbons (Fsp3) is 1.00. The fourth-order valence-electron chi connectivity index (χ4n) is 6.13. The van der Waals surface area contributed by atoms with Gasteiger partial charge < -0.3 is 4.90 Å². The predicted octanol–water partition coefficient (Wildman–Crippen LogP) is 7.04. The number of hydrogen-bond acceptors (Lipinski definition) is 2. The van der Waals surface area contributed by atoms with Crippen molar-refractivity contribution in [3.63, 3.8) is 0 Å². The topological polar surface area (TPSA) is 6.48 Å². The van der Waals surface area contributed by atoms with E-state index in [0.717, 1.165) is 43.4 Å². The minimum absolute atomic E-state index is 0.0920. The van der Waals surface area contributed by atoms with Crippen LogP contribution in [0, 0.1) is 23.2 Å². The number of nitrogens with zero attached hydrogens (tertiary/aromatic N) is 2. The van der Waals surface area contributed by atoms with Crippen molar-refractivity contribution in [2.24, 2.45) is 23.2 Å². The molecule has 29 heavy (non-hydrogen) atoms. The summed E-state index contributed by atoms with van der Waals surface area (Å²) >= 11 is 0. The summed E-state index contributed by atoms with van der Waals surface area (Å²) in [5, 5.41) is 0. The van der Waals surface area contributed by atoms with Crippen LogP contribution in [0.25, 0.3) is 0 Å². The molecule has 0 aromatic rings. The van der Waals surface area contributed by atoms with Gasteiger partial charge in [-0.05, 0) is 108 Å². The average Bonchev–Trinajstić information content (AvgIpc) is 2.77. The van der Waals surface area contributed by atoms with Crippen molar-refractivity contribution in [3.8, 4) is 0 Å². The first-order chi connectivity index (χ1) is 13.9. The van der Waals surface area contributed by atoms with Crippen LogP contribution in [0.3, 0.4) is 0 Å². The summed E-state index contributed by atoms with van der Waals surface area (Å²) < 4.78 is 25.9. The molecular formula is C25H48F2N2. The zero-order valence-electron chi connectivity index (χ0n) is 19.9. The summed E-state index contributed by atoms with van der Waals surface area (Å²) in [6.07, 6.45) is 13.9. The fourth-order valence-corrected chi connectivity index (χ4v) is 6.13. The van der Waals surface area contributed by atoms with Crippen molar-refractivity contribution in [2.45, 2.75) is 111 Å². The van der Waals surface area contributed by atoms with Crippen LogP contribution in [0.1, 0.15) is 98.3 Å². The van der Waals surface area contributed by atoms with Crippen LogP contribution in [0.4, 0.5) is 8.78 Å². The molecule has 0 radical (unpaired) electrons. The lowest BCUT2D eigenvalue weighted by molar-refractivity contribution is -0.0598. The highest BCUT2D eigenvalue weighted by Crippen LogP contribution is 2.46. The van der Waals surface area contributed by atoms with E-state index in [4.69, 9.17) is 0 Å². The van der Waals surface area contributed by atoms with Crippen LogP contribution in [0.15, 0.2) is 0 Å². The molecule has 3 fully saturated rings. The minimum atomic E-state index is -2.30. The quantitative estimate of drug-likeness (QED) is 0.430. The van der Waals surface area contributed by atoms with Gasteiger partial charge in [0, 0.05) is 12.6 Å². The van der Waals surface area contributed by atoms with E-state index in [0.29, 0.717) is 5.41 Å². The average molecular weight is 415 g/mol. The Hall–Kier alpha value is -0.220. The molecule has 4 heteroatoms. The highest BCUT2D eigenvalue weighted by molar-refractivity contribution is 4.92. The van der Waals surface area contributed by atoms with Gasteiger partial charge in [0.25, 0.3) is 6.55 Å². The first kappa shape index (κ1) is 25.0. The second kappa shape index (κ2) is 12.0. The Labute approximate surface area is 179 Å². The number of alkyl halides is 2. The van der Waals surface area contributed by atoms with E-state index in [9.17, 15) is 8.78 Å². The molecule has 1 spiro atoms. The van der Waals surface area contributed by atoms with E-state index < -0.39 is 6.55 Å². The molecular weight excluding hydrogens is 366 g/mol. The van der Waals surface area contributed by atoms with Crippen LogP contribution >= 0.6 is 0 Å². The number of hydrogen-bond donors (Lipinski definition) is 0. The molecule has 1 aliphatic heterocycles. The van der Waals surface area contributed by atoms with Gasteiger partial charge in [-0.25, -0.2) is 4.90 Å². The van der Waals surface area contributed by atoms with Crippen molar-refractivity contribution in [1.82, 2.24) is 9.80 Å². The second-order valence-electron chi connectivity index (χ2n) is 10.1. The molecule has 172 valence electrons. The zero-order chi connectivity index (χ0) is 21.4. The van der Waals surface area contributed by atoms with Crippen LogP contribution in [-0.2, 0) is 0 Å². The molecule has 1 heterocycles. The summed E-state index contributed by atoms with van der Waals surface area (Å²) in [6, 6.07) is 0.0920. The molecule has 2 nitrogen and oxygen atoms in total. The third kappa shape index (κ3) is 6.89. The Morgan fingerprint density at radius 3 is 1.97 bits per heavy atom. The van der Waals surface area contributed by atoms with Gasteiger partial charge in [0.15, 0.2) is 0 Å². The molecule has 3 aliphatic rings. The predicted molar refractivity (Wildman–Crippen MR) is 120 cm³/mol. The largest absolute Gasteiger partial charge is 0.303 e. The van der Waals surface area contributed by atoms with E-state index in [2.05, 4.69) is 18.7 Å². The Morgan fingerprint density at radius 1 is 0.931 bits per heavy atom. The maximum absolute atomic E-state index is 12.9. The molecule has 1 unspecified atom stereocenters. The highest BCUT2D eigenvalue weighted by Gasteiger charge is 2.40. The Morgan fingerprint density at radius 2 is 1.48 bits per heavy atom. The molecule has 1 atom stereocenters.